The predicted octanol–water partition coefficient (Wildman–Crippen LogP) is 3.97. The van der Waals surface area contributed by atoms with Crippen molar-refractivity contribution in [2.75, 3.05) is 0 Å². The molecule has 0 spiro atoms. The summed E-state index contributed by atoms with van der Waals surface area (Å²) in [6.07, 6.45) is 1.68. The molecular formula is C16H14ClN3. The molecule has 20 heavy (non-hydrogen) atoms. The number of pyridine rings is 2. The zero-order valence-electron chi connectivity index (χ0n) is 11.0. The highest BCUT2D eigenvalue weighted by molar-refractivity contribution is 6.34. The Kier molecular flexibility index (Phi) is 3.38. The Morgan fingerprint density at radius 1 is 1.15 bits per heavy atom. The largest absolute Gasteiger partial charge is 0.324 e. The van der Waals surface area contributed by atoms with Gasteiger partial charge in [-0.3, -0.25) is 4.98 Å². The minimum Gasteiger partial charge on any atom is -0.324 e. The monoisotopic (exact) mass is 283 g/mol. The minimum absolute atomic E-state index is 0.122. The maximum absolute atomic E-state index is 6.21. The van der Waals surface area contributed by atoms with Crippen LogP contribution in [0.1, 0.15) is 18.5 Å². The maximum atomic E-state index is 6.21. The second-order valence-electron chi connectivity index (χ2n) is 4.74. The lowest BCUT2D eigenvalue weighted by atomic mass is 10.0. The number of rotatable bonds is 2. The third kappa shape index (κ3) is 2.26. The second-order valence-corrected chi connectivity index (χ2v) is 5.15. The highest BCUT2D eigenvalue weighted by atomic mass is 35.5. The molecule has 0 fully saturated rings. The fraction of sp³-hybridized carbons (Fsp3) is 0.125. The van der Waals surface area contributed by atoms with E-state index >= 15 is 0 Å². The summed E-state index contributed by atoms with van der Waals surface area (Å²) in [4.78, 5) is 9.01. The molecular weight excluding hydrogens is 270 g/mol. The Bertz CT molecular complexity index is 754. The summed E-state index contributed by atoms with van der Waals surface area (Å²) in [6.45, 7) is 1.94. The number of halogens is 1. The van der Waals surface area contributed by atoms with Crippen LogP contribution in [0.25, 0.3) is 22.3 Å². The molecule has 0 aliphatic carbocycles. The molecule has 1 unspecified atom stereocenters. The van der Waals surface area contributed by atoms with E-state index < -0.39 is 0 Å². The molecule has 4 heteroatoms. The Balaban J connectivity index is 2.34. The molecule has 0 aliphatic heterocycles. The van der Waals surface area contributed by atoms with E-state index in [9.17, 15) is 0 Å². The van der Waals surface area contributed by atoms with E-state index in [2.05, 4.69) is 4.98 Å². The van der Waals surface area contributed by atoms with Gasteiger partial charge in [0.2, 0.25) is 0 Å². The molecule has 3 aromatic rings. The summed E-state index contributed by atoms with van der Waals surface area (Å²) in [7, 11) is 0. The van der Waals surface area contributed by atoms with Crippen LogP contribution in [0.5, 0.6) is 0 Å². The fourth-order valence-electron chi connectivity index (χ4n) is 2.23. The molecule has 0 saturated carbocycles. The van der Waals surface area contributed by atoms with E-state index in [4.69, 9.17) is 22.3 Å². The van der Waals surface area contributed by atoms with Gasteiger partial charge in [-0.2, -0.15) is 0 Å². The molecule has 1 atom stereocenters. The third-order valence-electron chi connectivity index (χ3n) is 3.23. The molecule has 1 aromatic carbocycles. The number of hydrogen-bond acceptors (Lipinski definition) is 3. The van der Waals surface area contributed by atoms with Crippen molar-refractivity contribution in [3.63, 3.8) is 0 Å². The number of benzene rings is 1. The Hall–Kier alpha value is -1.97. The first-order valence-electron chi connectivity index (χ1n) is 6.43. The van der Waals surface area contributed by atoms with Gasteiger partial charge in [-0.05, 0) is 24.6 Å². The topological polar surface area (TPSA) is 51.8 Å². The fourth-order valence-corrected chi connectivity index (χ4v) is 2.42. The summed E-state index contributed by atoms with van der Waals surface area (Å²) >= 11 is 6.21. The van der Waals surface area contributed by atoms with Crippen LogP contribution in [-0.4, -0.2) is 9.97 Å². The van der Waals surface area contributed by atoms with Crippen LogP contribution in [0, 0.1) is 0 Å². The Morgan fingerprint density at radius 2 is 1.90 bits per heavy atom. The normalized spacial score (nSPS) is 12.6. The van der Waals surface area contributed by atoms with E-state index in [1.54, 1.807) is 12.3 Å². The molecule has 0 bridgehead atoms. The highest BCUT2D eigenvalue weighted by Gasteiger charge is 2.14. The van der Waals surface area contributed by atoms with E-state index in [0.29, 0.717) is 10.5 Å². The molecule has 2 aromatic heterocycles. The van der Waals surface area contributed by atoms with Gasteiger partial charge in [0.1, 0.15) is 5.52 Å². The molecule has 0 aliphatic rings. The Labute approximate surface area is 122 Å². The first-order chi connectivity index (χ1) is 9.66. The van der Waals surface area contributed by atoms with Crippen molar-refractivity contribution >= 4 is 22.6 Å². The lowest BCUT2D eigenvalue weighted by molar-refractivity contribution is 0.817. The Morgan fingerprint density at radius 3 is 2.60 bits per heavy atom. The summed E-state index contributed by atoms with van der Waals surface area (Å²) in [5.41, 5.74) is 10.4. The standard InChI is InChI=1S/C16H14ClN3/c1-10(18)12-9-14-16(13(17)7-8-19-14)20-15(12)11-5-3-2-4-6-11/h2-10H,18H2,1H3. The summed E-state index contributed by atoms with van der Waals surface area (Å²) in [5, 5.41) is 0.600. The smallest absolute Gasteiger partial charge is 0.108 e. The number of nitrogens with zero attached hydrogens (tertiary/aromatic N) is 2. The van der Waals surface area contributed by atoms with Crippen molar-refractivity contribution in [2.45, 2.75) is 13.0 Å². The zero-order valence-corrected chi connectivity index (χ0v) is 11.8. The summed E-state index contributed by atoms with van der Waals surface area (Å²) in [5.74, 6) is 0. The van der Waals surface area contributed by atoms with Crippen LogP contribution >= 0.6 is 11.6 Å². The van der Waals surface area contributed by atoms with Crippen LogP contribution in [0.15, 0.2) is 48.7 Å². The van der Waals surface area contributed by atoms with Gasteiger partial charge < -0.3 is 5.73 Å². The van der Waals surface area contributed by atoms with Crippen molar-refractivity contribution in [3.8, 4) is 11.3 Å². The first-order valence-corrected chi connectivity index (χ1v) is 6.81. The lowest BCUT2D eigenvalue weighted by Gasteiger charge is -2.13. The minimum atomic E-state index is -0.122. The van der Waals surface area contributed by atoms with Crippen molar-refractivity contribution in [1.29, 1.82) is 0 Å². The van der Waals surface area contributed by atoms with Gasteiger partial charge >= 0.3 is 0 Å². The number of aromatic nitrogens is 2. The van der Waals surface area contributed by atoms with E-state index in [-0.39, 0.29) is 6.04 Å². The van der Waals surface area contributed by atoms with Gasteiger partial charge in [-0.25, -0.2) is 4.98 Å². The lowest BCUT2D eigenvalue weighted by Crippen LogP contribution is -2.08. The van der Waals surface area contributed by atoms with Crippen LogP contribution in [0.3, 0.4) is 0 Å². The van der Waals surface area contributed by atoms with Gasteiger partial charge in [-0.1, -0.05) is 41.9 Å². The van der Waals surface area contributed by atoms with Crippen molar-refractivity contribution in [3.05, 3.63) is 59.2 Å². The summed E-state index contributed by atoms with van der Waals surface area (Å²) < 4.78 is 0. The molecule has 3 rings (SSSR count). The van der Waals surface area contributed by atoms with Gasteiger partial charge in [0.15, 0.2) is 0 Å². The molecule has 2 N–H and O–H groups in total. The van der Waals surface area contributed by atoms with Crippen molar-refractivity contribution < 1.29 is 0 Å². The van der Waals surface area contributed by atoms with Crippen LogP contribution in [0.4, 0.5) is 0 Å². The highest BCUT2D eigenvalue weighted by Crippen LogP contribution is 2.30. The van der Waals surface area contributed by atoms with Gasteiger partial charge in [-0.15, -0.1) is 0 Å². The second kappa shape index (κ2) is 5.19. The van der Waals surface area contributed by atoms with Gasteiger partial charge in [0.05, 0.1) is 16.2 Å². The average Bonchev–Trinajstić information content (AvgIpc) is 2.47. The molecule has 2 heterocycles. The third-order valence-corrected chi connectivity index (χ3v) is 3.54. The number of fused-ring (bicyclic) bond motifs is 1. The SMILES string of the molecule is CC(N)c1cc2nccc(Cl)c2nc1-c1ccccc1. The molecule has 0 amide bonds. The van der Waals surface area contributed by atoms with Crippen LogP contribution < -0.4 is 5.73 Å². The van der Waals surface area contributed by atoms with E-state index in [1.165, 1.54) is 0 Å². The average molecular weight is 284 g/mol. The van der Waals surface area contributed by atoms with Crippen LogP contribution in [0.2, 0.25) is 5.02 Å². The van der Waals surface area contributed by atoms with E-state index in [1.807, 2.05) is 43.3 Å². The summed E-state index contributed by atoms with van der Waals surface area (Å²) in [6, 6.07) is 13.6. The van der Waals surface area contributed by atoms with Crippen molar-refractivity contribution in [2.24, 2.45) is 5.73 Å². The molecule has 3 nitrogen and oxygen atoms in total. The number of nitrogens with two attached hydrogens (primary N) is 1. The van der Waals surface area contributed by atoms with Crippen molar-refractivity contribution in [1.82, 2.24) is 9.97 Å². The van der Waals surface area contributed by atoms with Crippen LogP contribution in [-0.2, 0) is 0 Å². The molecule has 100 valence electrons. The predicted molar refractivity (Wildman–Crippen MR) is 82.6 cm³/mol. The van der Waals surface area contributed by atoms with Gasteiger partial charge in [0, 0.05) is 17.8 Å². The number of hydrogen-bond donors (Lipinski definition) is 1. The first kappa shape index (κ1) is 13.0. The zero-order chi connectivity index (χ0) is 14.1. The van der Waals surface area contributed by atoms with Gasteiger partial charge in [0.25, 0.3) is 0 Å². The van der Waals surface area contributed by atoms with E-state index in [0.717, 1.165) is 22.3 Å². The molecule has 0 radical (unpaired) electrons. The quantitative estimate of drug-likeness (QED) is 0.774. The molecule has 0 saturated heterocycles. The maximum Gasteiger partial charge on any atom is 0.108 e.